The van der Waals surface area contributed by atoms with Crippen LogP contribution in [0.25, 0.3) is 11.1 Å². The van der Waals surface area contributed by atoms with Crippen molar-refractivity contribution in [2.75, 3.05) is 26.3 Å². The number of carboxylic acid groups (broad SMARTS) is 1. The van der Waals surface area contributed by atoms with Crippen molar-refractivity contribution >= 4 is 12.1 Å². The van der Waals surface area contributed by atoms with Gasteiger partial charge in [-0.3, -0.25) is 4.79 Å². The molecule has 1 aliphatic carbocycles. The second kappa shape index (κ2) is 8.23. The van der Waals surface area contributed by atoms with E-state index in [0.29, 0.717) is 0 Å². The van der Waals surface area contributed by atoms with Crippen LogP contribution in [-0.2, 0) is 14.3 Å². The van der Waals surface area contributed by atoms with E-state index in [9.17, 15) is 14.7 Å². The van der Waals surface area contributed by atoms with E-state index in [2.05, 4.69) is 12.1 Å². The van der Waals surface area contributed by atoms with Gasteiger partial charge in [0.15, 0.2) is 0 Å². The molecule has 1 fully saturated rings. The lowest BCUT2D eigenvalue weighted by atomic mass is 9.98. The number of hydrogen-bond donors (Lipinski definition) is 2. The Morgan fingerprint density at radius 2 is 1.59 bits per heavy atom. The van der Waals surface area contributed by atoms with Crippen molar-refractivity contribution < 1.29 is 29.3 Å². The van der Waals surface area contributed by atoms with Crippen LogP contribution in [-0.4, -0.2) is 65.7 Å². The Kier molecular flexibility index (Phi) is 5.51. The van der Waals surface area contributed by atoms with Gasteiger partial charge >= 0.3 is 12.1 Å². The molecule has 0 unspecified atom stereocenters. The number of carboxylic acids is 1. The molecule has 2 aliphatic rings. The van der Waals surface area contributed by atoms with E-state index in [1.165, 1.54) is 4.90 Å². The number of hydrogen-bond acceptors (Lipinski definition) is 5. The first-order valence-electron chi connectivity index (χ1n) is 9.65. The highest BCUT2D eigenvalue weighted by molar-refractivity contribution is 5.79. The van der Waals surface area contributed by atoms with Gasteiger partial charge in [0.25, 0.3) is 0 Å². The van der Waals surface area contributed by atoms with Gasteiger partial charge in [0, 0.05) is 5.92 Å². The van der Waals surface area contributed by atoms with Crippen molar-refractivity contribution in [2.24, 2.45) is 0 Å². The van der Waals surface area contributed by atoms with Crippen molar-refractivity contribution in [1.29, 1.82) is 0 Å². The monoisotopic (exact) mass is 397 g/mol. The molecule has 2 atom stereocenters. The maximum Gasteiger partial charge on any atom is 0.409 e. The summed E-state index contributed by atoms with van der Waals surface area (Å²) in [5, 5.41) is 18.4. The summed E-state index contributed by atoms with van der Waals surface area (Å²) in [5.41, 5.74) is 4.55. The van der Waals surface area contributed by atoms with Gasteiger partial charge in [0.2, 0.25) is 0 Å². The Bertz CT molecular complexity index is 868. The molecule has 0 saturated carbocycles. The summed E-state index contributed by atoms with van der Waals surface area (Å²) in [7, 11) is 0. The highest BCUT2D eigenvalue weighted by atomic mass is 16.6. The molecule has 2 aromatic rings. The van der Waals surface area contributed by atoms with E-state index in [1.54, 1.807) is 0 Å². The normalized spacial score (nSPS) is 20.8. The van der Waals surface area contributed by atoms with Gasteiger partial charge in [-0.15, -0.1) is 0 Å². The number of benzene rings is 2. The third kappa shape index (κ3) is 3.97. The van der Waals surface area contributed by atoms with Crippen LogP contribution in [0.5, 0.6) is 0 Å². The van der Waals surface area contributed by atoms with E-state index in [0.717, 1.165) is 22.3 Å². The standard InChI is InChI=1S/C22H23NO6/c24-12-15-11-23(10-14(29-15)9-21(25)26)22(27)28-13-20-18-7-3-1-5-16(18)17-6-2-4-8-19(17)20/h1-8,14-15,20,24H,9-13H2,(H,25,26)/t14-,15+/m1/s1. The number of morpholine rings is 1. The number of aliphatic hydroxyl groups is 1. The minimum Gasteiger partial charge on any atom is -0.481 e. The number of carbonyl (C=O) groups is 2. The van der Waals surface area contributed by atoms with Crippen molar-refractivity contribution in [3.05, 3.63) is 59.7 Å². The largest absolute Gasteiger partial charge is 0.481 e. The Hall–Kier alpha value is -2.90. The number of nitrogens with zero attached hydrogens (tertiary/aromatic N) is 1. The van der Waals surface area contributed by atoms with Gasteiger partial charge in [-0.05, 0) is 22.3 Å². The number of fused-ring (bicyclic) bond motifs is 3. The Balaban J connectivity index is 1.46. The van der Waals surface area contributed by atoms with E-state index >= 15 is 0 Å². The lowest BCUT2D eigenvalue weighted by molar-refractivity contribution is -0.147. The van der Waals surface area contributed by atoms with Crippen LogP contribution >= 0.6 is 0 Å². The second-order valence-electron chi connectivity index (χ2n) is 7.37. The second-order valence-corrected chi connectivity index (χ2v) is 7.37. The van der Waals surface area contributed by atoms with Gasteiger partial charge in [-0.25, -0.2) is 4.79 Å². The van der Waals surface area contributed by atoms with Crippen LogP contribution in [0.1, 0.15) is 23.5 Å². The summed E-state index contributed by atoms with van der Waals surface area (Å²) < 4.78 is 11.1. The fourth-order valence-electron chi connectivity index (χ4n) is 4.17. The molecule has 0 aromatic heterocycles. The zero-order valence-electron chi connectivity index (χ0n) is 15.9. The number of aliphatic hydroxyl groups excluding tert-OH is 1. The first-order valence-corrected chi connectivity index (χ1v) is 9.65. The highest BCUT2D eigenvalue weighted by Gasteiger charge is 2.34. The molecular formula is C22H23NO6. The van der Waals surface area contributed by atoms with Gasteiger partial charge in [-0.2, -0.15) is 0 Å². The van der Waals surface area contributed by atoms with Crippen LogP contribution in [0.15, 0.2) is 48.5 Å². The summed E-state index contributed by atoms with van der Waals surface area (Å²) in [5.74, 6) is -1.06. The van der Waals surface area contributed by atoms with E-state index in [-0.39, 0.29) is 38.6 Å². The molecule has 0 spiro atoms. The minimum absolute atomic E-state index is 0.0455. The van der Waals surface area contributed by atoms with Crippen LogP contribution in [0.2, 0.25) is 0 Å². The molecule has 1 heterocycles. The van der Waals surface area contributed by atoms with E-state index < -0.39 is 24.3 Å². The first kappa shape index (κ1) is 19.4. The van der Waals surface area contributed by atoms with Gasteiger partial charge < -0.3 is 24.6 Å². The molecule has 29 heavy (non-hydrogen) atoms. The molecule has 0 bridgehead atoms. The van der Waals surface area contributed by atoms with Crippen molar-refractivity contribution in [3.8, 4) is 11.1 Å². The lowest BCUT2D eigenvalue weighted by Gasteiger charge is -2.36. The Morgan fingerprint density at radius 3 is 2.17 bits per heavy atom. The molecule has 7 nitrogen and oxygen atoms in total. The fraction of sp³-hybridized carbons (Fsp3) is 0.364. The SMILES string of the molecule is O=C(O)C[C@@H]1CN(C(=O)OCC2c3ccccc3-c3ccccc32)C[C@@H](CO)O1. The van der Waals surface area contributed by atoms with Crippen LogP contribution < -0.4 is 0 Å². The predicted molar refractivity (Wildman–Crippen MR) is 105 cm³/mol. The summed E-state index contributed by atoms with van der Waals surface area (Å²) in [4.78, 5) is 25.1. The zero-order valence-corrected chi connectivity index (χ0v) is 15.9. The molecule has 2 aromatic carbocycles. The predicted octanol–water partition coefficient (Wildman–Crippen LogP) is 2.47. The van der Waals surface area contributed by atoms with Crippen molar-refractivity contribution in [3.63, 3.8) is 0 Å². The molecule has 0 radical (unpaired) electrons. The third-order valence-corrected chi connectivity index (χ3v) is 5.43. The Labute approximate surface area is 168 Å². The molecule has 4 rings (SSSR count). The number of carbonyl (C=O) groups excluding carboxylic acids is 1. The maximum absolute atomic E-state index is 12.7. The average molecular weight is 397 g/mol. The van der Waals surface area contributed by atoms with Gasteiger partial charge in [0.1, 0.15) is 6.61 Å². The summed E-state index contributed by atoms with van der Waals surface area (Å²) in [6, 6.07) is 16.2. The third-order valence-electron chi connectivity index (χ3n) is 5.43. The Morgan fingerprint density at radius 1 is 1.00 bits per heavy atom. The highest BCUT2D eigenvalue weighted by Crippen LogP contribution is 2.44. The quantitative estimate of drug-likeness (QED) is 0.805. The van der Waals surface area contributed by atoms with Crippen molar-refractivity contribution in [1.82, 2.24) is 4.90 Å². The molecule has 1 saturated heterocycles. The molecular weight excluding hydrogens is 374 g/mol. The number of ether oxygens (including phenoxy) is 2. The number of aliphatic carboxylic acids is 1. The first-order chi connectivity index (χ1) is 14.1. The molecule has 1 amide bonds. The number of rotatable bonds is 5. The van der Waals surface area contributed by atoms with Crippen LogP contribution in [0.4, 0.5) is 4.79 Å². The molecule has 1 aliphatic heterocycles. The van der Waals surface area contributed by atoms with E-state index in [1.807, 2.05) is 36.4 Å². The van der Waals surface area contributed by atoms with Gasteiger partial charge in [0.05, 0.1) is 38.3 Å². The molecule has 152 valence electrons. The van der Waals surface area contributed by atoms with E-state index in [4.69, 9.17) is 14.6 Å². The maximum atomic E-state index is 12.7. The smallest absolute Gasteiger partial charge is 0.409 e. The summed E-state index contributed by atoms with van der Waals surface area (Å²) >= 11 is 0. The summed E-state index contributed by atoms with van der Waals surface area (Å²) in [6.45, 7) is 0.198. The molecule has 7 heteroatoms. The topological polar surface area (TPSA) is 96.3 Å². The summed E-state index contributed by atoms with van der Waals surface area (Å²) in [6.07, 6.45) is -2.04. The van der Waals surface area contributed by atoms with Crippen molar-refractivity contribution in [2.45, 2.75) is 24.5 Å². The average Bonchev–Trinajstić information content (AvgIpc) is 3.05. The van der Waals surface area contributed by atoms with Crippen LogP contribution in [0, 0.1) is 0 Å². The fourth-order valence-corrected chi connectivity index (χ4v) is 4.17. The zero-order chi connectivity index (χ0) is 20.4. The minimum atomic E-state index is -1.01. The molecule has 2 N–H and O–H groups in total. The number of amides is 1. The van der Waals surface area contributed by atoms with Crippen LogP contribution in [0.3, 0.4) is 0 Å². The lowest BCUT2D eigenvalue weighted by Crippen LogP contribution is -2.52. The van der Waals surface area contributed by atoms with Gasteiger partial charge in [-0.1, -0.05) is 48.5 Å².